The monoisotopic (exact) mass is 438 g/mol. The van der Waals surface area contributed by atoms with E-state index in [0.717, 1.165) is 21.6 Å². The summed E-state index contributed by atoms with van der Waals surface area (Å²) in [4.78, 5) is 30.3. The number of rotatable bonds is 9. The summed E-state index contributed by atoms with van der Waals surface area (Å²) >= 11 is 1.29. The number of nitrogen functional groups attached to an aromatic ring is 1. The van der Waals surface area contributed by atoms with E-state index in [-0.39, 0.29) is 18.9 Å². The summed E-state index contributed by atoms with van der Waals surface area (Å²) < 4.78 is 0. The summed E-state index contributed by atoms with van der Waals surface area (Å²) in [5.41, 5.74) is 8.45. The Morgan fingerprint density at radius 1 is 1.06 bits per heavy atom. The van der Waals surface area contributed by atoms with Crippen LogP contribution in [0.4, 0.5) is 5.13 Å². The number of hydrogen-bond donors (Lipinski definition) is 4. The van der Waals surface area contributed by atoms with Crippen LogP contribution in [0.5, 0.6) is 0 Å². The quantitative estimate of drug-likeness (QED) is 0.408. The Bertz CT molecular complexity index is 1020. The van der Waals surface area contributed by atoms with Crippen LogP contribution >= 0.6 is 11.3 Å². The van der Waals surface area contributed by atoms with Crippen molar-refractivity contribution >= 4 is 28.3 Å². The normalized spacial score (nSPS) is 12.7. The molecule has 3 aromatic rings. The molecule has 0 aliphatic heterocycles. The molecular formula is C23H26N4O3S. The number of nitrogens with one attached hydrogen (secondary N) is 2. The van der Waals surface area contributed by atoms with Crippen LogP contribution in [-0.4, -0.2) is 34.1 Å². The van der Waals surface area contributed by atoms with Crippen molar-refractivity contribution in [3.8, 4) is 0 Å². The van der Waals surface area contributed by atoms with Gasteiger partial charge in [0.15, 0.2) is 5.13 Å². The van der Waals surface area contributed by atoms with Crippen LogP contribution in [0.1, 0.15) is 21.6 Å². The van der Waals surface area contributed by atoms with Crippen LogP contribution in [-0.2, 0) is 29.0 Å². The summed E-state index contributed by atoms with van der Waals surface area (Å²) in [5.74, 6) is -0.924. The minimum Gasteiger partial charge on any atom is -0.383 e. The zero-order chi connectivity index (χ0) is 22.2. The number of carbonyl (C=O) groups is 2. The number of benzene rings is 2. The maximum absolute atomic E-state index is 12.9. The van der Waals surface area contributed by atoms with E-state index < -0.39 is 18.1 Å². The first-order valence-corrected chi connectivity index (χ1v) is 10.8. The maximum atomic E-state index is 12.9. The van der Waals surface area contributed by atoms with Crippen molar-refractivity contribution in [2.75, 3.05) is 5.73 Å². The van der Waals surface area contributed by atoms with Gasteiger partial charge in [0, 0.05) is 23.9 Å². The van der Waals surface area contributed by atoms with Crippen LogP contribution < -0.4 is 16.4 Å². The van der Waals surface area contributed by atoms with Gasteiger partial charge < -0.3 is 21.5 Å². The van der Waals surface area contributed by atoms with Gasteiger partial charge in [-0.1, -0.05) is 60.2 Å². The molecule has 0 spiro atoms. The fourth-order valence-electron chi connectivity index (χ4n) is 3.18. The van der Waals surface area contributed by atoms with Crippen LogP contribution in [0.3, 0.4) is 0 Å². The average Bonchev–Trinajstić information content (AvgIpc) is 3.17. The van der Waals surface area contributed by atoms with Crippen molar-refractivity contribution in [1.29, 1.82) is 0 Å². The number of hydrogen-bond acceptors (Lipinski definition) is 6. The topological polar surface area (TPSA) is 117 Å². The molecule has 2 atom stereocenters. The molecule has 0 unspecified atom stereocenters. The lowest BCUT2D eigenvalue weighted by Gasteiger charge is -2.20. The fraction of sp³-hybridized carbons (Fsp3) is 0.261. The van der Waals surface area contributed by atoms with Gasteiger partial charge in [-0.05, 0) is 18.1 Å². The third-order valence-electron chi connectivity index (χ3n) is 4.74. The molecule has 8 heteroatoms. The molecule has 2 amide bonds. The predicted molar refractivity (Wildman–Crippen MR) is 121 cm³/mol. The SMILES string of the molecule is Cc1cccc(C[C@H](NC(=O)[C@H](O)Cc2ccccc2)C(=O)NCc2cnc(N)s2)c1. The second-order valence-corrected chi connectivity index (χ2v) is 8.49. The van der Waals surface area contributed by atoms with Gasteiger partial charge in [0.2, 0.25) is 11.8 Å². The summed E-state index contributed by atoms with van der Waals surface area (Å²) in [5, 5.41) is 16.3. The molecule has 3 rings (SSSR count). The van der Waals surface area contributed by atoms with Gasteiger partial charge in [0.1, 0.15) is 12.1 Å². The Morgan fingerprint density at radius 2 is 1.81 bits per heavy atom. The molecule has 31 heavy (non-hydrogen) atoms. The van der Waals surface area contributed by atoms with Crippen molar-refractivity contribution in [3.63, 3.8) is 0 Å². The highest BCUT2D eigenvalue weighted by molar-refractivity contribution is 7.15. The Balaban J connectivity index is 1.67. The van der Waals surface area contributed by atoms with E-state index in [4.69, 9.17) is 5.73 Å². The third kappa shape index (κ3) is 6.91. The van der Waals surface area contributed by atoms with Crippen molar-refractivity contribution in [2.45, 2.75) is 38.5 Å². The van der Waals surface area contributed by atoms with E-state index in [0.29, 0.717) is 11.6 Å². The zero-order valence-corrected chi connectivity index (χ0v) is 18.1. The first-order valence-electron chi connectivity index (χ1n) is 9.96. The van der Waals surface area contributed by atoms with Gasteiger partial charge in [-0.3, -0.25) is 9.59 Å². The highest BCUT2D eigenvalue weighted by atomic mass is 32.1. The van der Waals surface area contributed by atoms with Crippen LogP contribution in [0.2, 0.25) is 0 Å². The van der Waals surface area contributed by atoms with Crippen molar-refractivity contribution in [2.24, 2.45) is 0 Å². The van der Waals surface area contributed by atoms with Crippen LogP contribution in [0.25, 0.3) is 0 Å². The lowest BCUT2D eigenvalue weighted by molar-refractivity contribution is -0.134. The van der Waals surface area contributed by atoms with Gasteiger partial charge in [-0.2, -0.15) is 0 Å². The van der Waals surface area contributed by atoms with Crippen LogP contribution in [0, 0.1) is 6.92 Å². The average molecular weight is 439 g/mol. The van der Waals surface area contributed by atoms with E-state index in [2.05, 4.69) is 15.6 Å². The number of aliphatic hydroxyl groups is 1. The smallest absolute Gasteiger partial charge is 0.249 e. The summed E-state index contributed by atoms with van der Waals surface area (Å²) in [6.45, 7) is 2.23. The molecule has 0 bridgehead atoms. The Morgan fingerprint density at radius 3 is 2.48 bits per heavy atom. The molecule has 1 aromatic heterocycles. The van der Waals surface area contributed by atoms with E-state index >= 15 is 0 Å². The number of amides is 2. The van der Waals surface area contributed by atoms with E-state index in [1.54, 1.807) is 6.20 Å². The molecule has 0 aliphatic rings. The van der Waals surface area contributed by atoms with Gasteiger partial charge >= 0.3 is 0 Å². The second kappa shape index (κ2) is 10.7. The molecule has 0 radical (unpaired) electrons. The molecule has 0 saturated heterocycles. The fourth-order valence-corrected chi connectivity index (χ4v) is 3.81. The molecule has 2 aromatic carbocycles. The molecule has 162 valence electrons. The number of thiazole rings is 1. The lowest BCUT2D eigenvalue weighted by Crippen LogP contribution is -2.51. The molecule has 0 aliphatic carbocycles. The summed E-state index contributed by atoms with van der Waals surface area (Å²) in [6, 6.07) is 16.2. The molecule has 0 saturated carbocycles. The molecule has 5 N–H and O–H groups in total. The number of aliphatic hydroxyl groups excluding tert-OH is 1. The van der Waals surface area contributed by atoms with E-state index in [1.165, 1.54) is 11.3 Å². The number of nitrogens with zero attached hydrogens (tertiary/aromatic N) is 1. The molecule has 1 heterocycles. The van der Waals surface area contributed by atoms with E-state index in [1.807, 2.05) is 61.5 Å². The zero-order valence-electron chi connectivity index (χ0n) is 17.2. The Labute approximate surface area is 185 Å². The highest BCUT2D eigenvalue weighted by Gasteiger charge is 2.25. The minimum atomic E-state index is -1.25. The third-order valence-corrected chi connectivity index (χ3v) is 5.56. The lowest BCUT2D eigenvalue weighted by atomic mass is 10.0. The number of anilines is 1. The summed E-state index contributed by atoms with van der Waals surface area (Å²) in [7, 11) is 0. The standard InChI is InChI=1S/C23H26N4O3S/c1-15-6-5-9-17(10-15)11-19(21(29)25-13-18-14-26-23(24)31-18)27-22(30)20(28)12-16-7-3-2-4-8-16/h2-10,14,19-20,28H,11-13H2,1H3,(H2,24,26)(H,25,29)(H,27,30)/t19-,20+/m0/s1. The minimum absolute atomic E-state index is 0.172. The molecule has 0 fully saturated rings. The first-order chi connectivity index (χ1) is 14.9. The van der Waals surface area contributed by atoms with Gasteiger partial charge in [-0.15, -0.1) is 11.3 Å². The van der Waals surface area contributed by atoms with Crippen molar-refractivity contribution < 1.29 is 14.7 Å². The second-order valence-electron chi connectivity index (χ2n) is 7.34. The first kappa shape index (κ1) is 22.5. The number of aryl methyl sites for hydroxylation is 1. The molecular weight excluding hydrogens is 412 g/mol. The Kier molecular flexibility index (Phi) is 7.75. The van der Waals surface area contributed by atoms with Crippen molar-refractivity contribution in [1.82, 2.24) is 15.6 Å². The van der Waals surface area contributed by atoms with Gasteiger partial charge in [0.05, 0.1) is 6.54 Å². The number of carbonyl (C=O) groups excluding carboxylic acids is 2. The number of aromatic nitrogens is 1. The highest BCUT2D eigenvalue weighted by Crippen LogP contribution is 2.14. The van der Waals surface area contributed by atoms with Gasteiger partial charge in [-0.25, -0.2) is 4.98 Å². The molecule has 7 nitrogen and oxygen atoms in total. The van der Waals surface area contributed by atoms with Gasteiger partial charge in [0.25, 0.3) is 0 Å². The maximum Gasteiger partial charge on any atom is 0.249 e. The number of nitrogens with two attached hydrogens (primary N) is 1. The van der Waals surface area contributed by atoms with E-state index in [9.17, 15) is 14.7 Å². The largest absolute Gasteiger partial charge is 0.383 e. The predicted octanol–water partition coefficient (Wildman–Crippen LogP) is 1.98. The summed E-state index contributed by atoms with van der Waals surface area (Å²) in [6.07, 6.45) is 0.836. The Hall–Kier alpha value is -3.23. The van der Waals surface area contributed by atoms with Crippen LogP contribution in [0.15, 0.2) is 60.8 Å². The van der Waals surface area contributed by atoms with Crippen molar-refractivity contribution in [3.05, 3.63) is 82.4 Å².